The Labute approximate surface area is 117 Å². The van der Waals surface area contributed by atoms with E-state index < -0.39 is 5.82 Å². The molecule has 2 aromatic rings. The first-order valence-electron chi connectivity index (χ1n) is 6.32. The van der Waals surface area contributed by atoms with Crippen LogP contribution >= 0.6 is 0 Å². The number of carbonyl (C=O) groups is 1. The average Bonchev–Trinajstić information content (AvgIpc) is 2.39. The third-order valence-corrected chi connectivity index (χ3v) is 3.41. The van der Waals surface area contributed by atoms with Crippen LogP contribution in [0.5, 0.6) is 0 Å². The predicted octanol–water partition coefficient (Wildman–Crippen LogP) is 3.59. The molecule has 0 fully saturated rings. The number of nitrogens with two attached hydrogens (primary N) is 1. The van der Waals surface area contributed by atoms with Crippen molar-refractivity contribution in [3.63, 3.8) is 0 Å². The number of amides is 1. The van der Waals surface area contributed by atoms with Crippen LogP contribution in [0, 0.1) is 26.6 Å². The first-order chi connectivity index (χ1) is 9.38. The van der Waals surface area contributed by atoms with Gasteiger partial charge in [0.05, 0.1) is 0 Å². The molecule has 0 saturated heterocycles. The Balaban J connectivity index is 2.26. The first-order valence-corrected chi connectivity index (χ1v) is 6.32. The molecule has 3 nitrogen and oxygen atoms in total. The summed E-state index contributed by atoms with van der Waals surface area (Å²) in [7, 11) is 0. The lowest BCUT2D eigenvalue weighted by atomic mass is 10.1. The molecule has 0 aliphatic carbocycles. The molecule has 0 atom stereocenters. The zero-order chi connectivity index (χ0) is 14.9. The molecule has 0 spiro atoms. The highest BCUT2D eigenvalue weighted by atomic mass is 19.1. The fourth-order valence-corrected chi connectivity index (χ4v) is 1.85. The van der Waals surface area contributed by atoms with E-state index in [1.807, 2.05) is 32.0 Å². The molecular weight excluding hydrogens is 255 g/mol. The standard InChI is InChI=1S/C16H17FN2O/c1-9-4-5-13(6-10(9)2)19-16(20)12-7-14(17)11(3)15(18)8-12/h4-8H,18H2,1-3H3,(H,19,20). The molecule has 0 aromatic heterocycles. The summed E-state index contributed by atoms with van der Waals surface area (Å²) in [6, 6.07) is 8.29. The van der Waals surface area contributed by atoms with Crippen molar-refractivity contribution in [3.05, 3.63) is 58.4 Å². The maximum Gasteiger partial charge on any atom is 0.255 e. The fraction of sp³-hybridized carbons (Fsp3) is 0.188. The molecule has 4 heteroatoms. The minimum absolute atomic E-state index is 0.212. The Morgan fingerprint density at radius 1 is 1.10 bits per heavy atom. The van der Waals surface area contributed by atoms with Crippen molar-refractivity contribution in [2.75, 3.05) is 11.1 Å². The van der Waals surface area contributed by atoms with E-state index >= 15 is 0 Å². The smallest absolute Gasteiger partial charge is 0.255 e. The van der Waals surface area contributed by atoms with E-state index in [0.29, 0.717) is 11.3 Å². The Hall–Kier alpha value is -2.36. The first kappa shape index (κ1) is 14.1. The van der Waals surface area contributed by atoms with Crippen molar-refractivity contribution in [1.29, 1.82) is 0 Å². The second-order valence-corrected chi connectivity index (χ2v) is 4.93. The summed E-state index contributed by atoms with van der Waals surface area (Å²) in [5.41, 5.74) is 9.42. The number of hydrogen-bond donors (Lipinski definition) is 2. The van der Waals surface area contributed by atoms with Crippen molar-refractivity contribution in [2.24, 2.45) is 0 Å². The van der Waals surface area contributed by atoms with Crippen LogP contribution in [0.2, 0.25) is 0 Å². The van der Waals surface area contributed by atoms with Gasteiger partial charge in [-0.25, -0.2) is 4.39 Å². The maximum absolute atomic E-state index is 13.6. The second kappa shape index (κ2) is 5.33. The topological polar surface area (TPSA) is 55.1 Å². The summed E-state index contributed by atoms with van der Waals surface area (Å²) in [5.74, 6) is -0.853. The SMILES string of the molecule is Cc1ccc(NC(=O)c2cc(N)c(C)c(F)c2)cc1C. The molecule has 1 amide bonds. The maximum atomic E-state index is 13.6. The van der Waals surface area contributed by atoms with E-state index in [4.69, 9.17) is 5.73 Å². The van der Waals surface area contributed by atoms with Gasteiger partial charge >= 0.3 is 0 Å². The van der Waals surface area contributed by atoms with Crippen molar-refractivity contribution in [1.82, 2.24) is 0 Å². The highest BCUT2D eigenvalue weighted by molar-refractivity contribution is 6.05. The molecule has 2 rings (SSSR count). The number of anilines is 2. The summed E-state index contributed by atoms with van der Waals surface area (Å²) in [4.78, 5) is 12.1. The van der Waals surface area contributed by atoms with E-state index in [1.165, 1.54) is 12.1 Å². The number of hydrogen-bond acceptors (Lipinski definition) is 2. The largest absolute Gasteiger partial charge is 0.398 e. The molecule has 0 radical (unpaired) electrons. The number of aryl methyl sites for hydroxylation is 2. The van der Waals surface area contributed by atoms with E-state index in [2.05, 4.69) is 5.32 Å². The van der Waals surface area contributed by atoms with Crippen molar-refractivity contribution < 1.29 is 9.18 Å². The molecule has 104 valence electrons. The number of halogens is 1. The highest BCUT2D eigenvalue weighted by Gasteiger charge is 2.11. The normalized spacial score (nSPS) is 10.4. The summed E-state index contributed by atoms with van der Waals surface area (Å²) in [5, 5.41) is 2.74. The van der Waals surface area contributed by atoms with Crippen molar-refractivity contribution >= 4 is 17.3 Å². The fourth-order valence-electron chi connectivity index (χ4n) is 1.85. The summed E-state index contributed by atoms with van der Waals surface area (Å²) < 4.78 is 13.6. The van der Waals surface area contributed by atoms with Gasteiger partial charge in [0.1, 0.15) is 5.82 Å². The van der Waals surface area contributed by atoms with Gasteiger partial charge in [-0.15, -0.1) is 0 Å². The van der Waals surface area contributed by atoms with Gasteiger partial charge in [-0.1, -0.05) is 6.07 Å². The lowest BCUT2D eigenvalue weighted by molar-refractivity contribution is 0.102. The highest BCUT2D eigenvalue weighted by Crippen LogP contribution is 2.19. The van der Waals surface area contributed by atoms with Gasteiger partial charge in [0, 0.05) is 22.5 Å². The van der Waals surface area contributed by atoms with Gasteiger partial charge in [-0.3, -0.25) is 4.79 Å². The van der Waals surface area contributed by atoms with Gasteiger partial charge in [0.15, 0.2) is 0 Å². The minimum Gasteiger partial charge on any atom is -0.398 e. The lowest BCUT2D eigenvalue weighted by Crippen LogP contribution is -2.13. The van der Waals surface area contributed by atoms with Crippen LogP contribution in [0.1, 0.15) is 27.0 Å². The minimum atomic E-state index is -0.477. The molecule has 0 unspecified atom stereocenters. The third kappa shape index (κ3) is 2.79. The van der Waals surface area contributed by atoms with Crippen LogP contribution in [0.15, 0.2) is 30.3 Å². The van der Waals surface area contributed by atoms with E-state index in [1.54, 1.807) is 6.92 Å². The third-order valence-electron chi connectivity index (χ3n) is 3.41. The molecule has 0 aliphatic rings. The number of nitrogens with one attached hydrogen (secondary N) is 1. The van der Waals surface area contributed by atoms with Crippen LogP contribution < -0.4 is 11.1 Å². The zero-order valence-electron chi connectivity index (χ0n) is 11.8. The zero-order valence-corrected chi connectivity index (χ0v) is 11.8. The van der Waals surface area contributed by atoms with Gasteiger partial charge in [-0.2, -0.15) is 0 Å². The lowest BCUT2D eigenvalue weighted by Gasteiger charge is -2.09. The van der Waals surface area contributed by atoms with Gasteiger partial charge in [0.25, 0.3) is 5.91 Å². The molecule has 0 bridgehead atoms. The van der Waals surface area contributed by atoms with Crippen molar-refractivity contribution in [3.8, 4) is 0 Å². The average molecular weight is 272 g/mol. The Kier molecular flexibility index (Phi) is 3.74. The van der Waals surface area contributed by atoms with Crippen LogP contribution in [-0.4, -0.2) is 5.91 Å². The second-order valence-electron chi connectivity index (χ2n) is 4.93. The summed E-state index contributed by atoms with van der Waals surface area (Å²) in [6.45, 7) is 5.54. The molecule has 3 N–H and O–H groups in total. The van der Waals surface area contributed by atoms with Gasteiger partial charge in [0.2, 0.25) is 0 Å². The Morgan fingerprint density at radius 3 is 2.40 bits per heavy atom. The van der Waals surface area contributed by atoms with Crippen LogP contribution in [0.25, 0.3) is 0 Å². The van der Waals surface area contributed by atoms with Gasteiger partial charge < -0.3 is 11.1 Å². The van der Waals surface area contributed by atoms with E-state index in [-0.39, 0.29) is 17.2 Å². The van der Waals surface area contributed by atoms with Crippen LogP contribution in [0.3, 0.4) is 0 Å². The molecule has 0 saturated carbocycles. The summed E-state index contributed by atoms with van der Waals surface area (Å²) >= 11 is 0. The number of nitrogen functional groups attached to an aromatic ring is 1. The summed E-state index contributed by atoms with van der Waals surface area (Å²) in [6.07, 6.45) is 0. The van der Waals surface area contributed by atoms with E-state index in [9.17, 15) is 9.18 Å². The molecule has 20 heavy (non-hydrogen) atoms. The molecule has 0 heterocycles. The molecular formula is C16H17FN2O. The van der Waals surface area contributed by atoms with E-state index in [0.717, 1.165) is 11.1 Å². The van der Waals surface area contributed by atoms with Gasteiger partial charge in [-0.05, 0) is 56.2 Å². The van der Waals surface area contributed by atoms with Crippen molar-refractivity contribution in [2.45, 2.75) is 20.8 Å². The number of carbonyl (C=O) groups excluding carboxylic acids is 1. The number of benzene rings is 2. The number of rotatable bonds is 2. The molecule has 2 aromatic carbocycles. The quantitative estimate of drug-likeness (QED) is 0.821. The van der Waals surface area contributed by atoms with Crippen LogP contribution in [-0.2, 0) is 0 Å². The van der Waals surface area contributed by atoms with Crippen LogP contribution in [0.4, 0.5) is 15.8 Å². The molecule has 0 aliphatic heterocycles. The monoisotopic (exact) mass is 272 g/mol. The Morgan fingerprint density at radius 2 is 1.80 bits per heavy atom. The predicted molar refractivity (Wildman–Crippen MR) is 79.4 cm³/mol. The Bertz CT molecular complexity index is 657.